The second-order valence-corrected chi connectivity index (χ2v) is 7.44. The number of nitrogens with zero attached hydrogens (tertiary/aromatic N) is 2. The summed E-state index contributed by atoms with van der Waals surface area (Å²) in [5, 5.41) is 2.97. The molecule has 1 saturated heterocycles. The molecule has 1 N–H and O–H groups in total. The Morgan fingerprint density at radius 3 is 2.53 bits per heavy atom. The van der Waals surface area contributed by atoms with Gasteiger partial charge in [-0.15, -0.1) is 0 Å². The minimum atomic E-state index is -0.103. The maximum Gasteiger partial charge on any atom is 0.255 e. The molecule has 1 aliphatic rings. The van der Waals surface area contributed by atoms with Crippen molar-refractivity contribution in [2.45, 2.75) is 20.4 Å². The van der Waals surface area contributed by atoms with E-state index in [1.54, 1.807) is 0 Å². The van der Waals surface area contributed by atoms with Crippen LogP contribution in [0.4, 0.5) is 5.69 Å². The van der Waals surface area contributed by atoms with Crippen LogP contribution in [0.5, 0.6) is 5.75 Å². The maximum absolute atomic E-state index is 12.7. The lowest BCUT2D eigenvalue weighted by Gasteiger charge is -2.26. The predicted octanol–water partition coefficient (Wildman–Crippen LogP) is 3.49. The number of anilines is 1. The molecule has 0 spiro atoms. The summed E-state index contributed by atoms with van der Waals surface area (Å²) in [4.78, 5) is 17.3. The highest BCUT2D eigenvalue weighted by Gasteiger charge is 2.12. The molecule has 0 aromatic heterocycles. The van der Waals surface area contributed by atoms with Crippen LogP contribution in [0.1, 0.15) is 29.8 Å². The maximum atomic E-state index is 12.7. The number of amides is 1. The number of hydrogen-bond acceptors (Lipinski definition) is 5. The van der Waals surface area contributed by atoms with Crippen LogP contribution >= 0.6 is 0 Å². The molecule has 0 aliphatic carbocycles. The van der Waals surface area contributed by atoms with E-state index >= 15 is 0 Å². The first-order valence-electron chi connectivity index (χ1n) is 10.8. The summed E-state index contributed by atoms with van der Waals surface area (Å²) < 4.78 is 11.2. The number of likely N-dealkylation sites (N-methyl/N-ethyl adjacent to an activating group) is 1. The standard InChI is InChI=1S/C24H33N3O3/c1-3-26(4-2)14-17-30-23-10-8-22(9-11-23)25-24(28)21-7-5-6-20(18-21)19-27-12-15-29-16-13-27/h5-11,18H,3-4,12-17,19H2,1-2H3,(H,25,28). The third-order valence-electron chi connectivity index (χ3n) is 5.38. The number of ether oxygens (including phenoxy) is 2. The fourth-order valence-electron chi connectivity index (χ4n) is 3.50. The molecule has 6 heteroatoms. The SMILES string of the molecule is CCN(CC)CCOc1ccc(NC(=O)c2cccc(CN3CCOCC3)c2)cc1. The van der Waals surface area contributed by atoms with Gasteiger partial charge in [0.2, 0.25) is 0 Å². The van der Waals surface area contributed by atoms with Gasteiger partial charge in [-0.05, 0) is 55.1 Å². The molecule has 1 heterocycles. The lowest BCUT2D eigenvalue weighted by Crippen LogP contribution is -2.35. The molecule has 0 radical (unpaired) electrons. The Morgan fingerprint density at radius 1 is 1.10 bits per heavy atom. The number of rotatable bonds is 10. The van der Waals surface area contributed by atoms with Gasteiger partial charge in [0, 0.05) is 37.4 Å². The third-order valence-corrected chi connectivity index (χ3v) is 5.38. The van der Waals surface area contributed by atoms with Crippen LogP contribution in [0.3, 0.4) is 0 Å². The first kappa shape index (κ1) is 22.3. The molecule has 0 saturated carbocycles. The number of benzene rings is 2. The van der Waals surface area contributed by atoms with E-state index in [-0.39, 0.29) is 5.91 Å². The van der Waals surface area contributed by atoms with Gasteiger partial charge in [-0.1, -0.05) is 26.0 Å². The van der Waals surface area contributed by atoms with Crippen LogP contribution in [0.15, 0.2) is 48.5 Å². The largest absolute Gasteiger partial charge is 0.492 e. The first-order chi connectivity index (χ1) is 14.7. The molecule has 2 aromatic rings. The first-order valence-corrected chi connectivity index (χ1v) is 10.8. The lowest BCUT2D eigenvalue weighted by molar-refractivity contribution is 0.0342. The van der Waals surface area contributed by atoms with Crippen molar-refractivity contribution in [2.24, 2.45) is 0 Å². The number of carbonyl (C=O) groups is 1. The van der Waals surface area contributed by atoms with E-state index < -0.39 is 0 Å². The van der Waals surface area contributed by atoms with Crippen LogP contribution in [0.2, 0.25) is 0 Å². The average Bonchev–Trinajstić information content (AvgIpc) is 2.79. The van der Waals surface area contributed by atoms with E-state index in [1.807, 2.05) is 42.5 Å². The van der Waals surface area contributed by atoms with E-state index in [0.29, 0.717) is 12.2 Å². The highest BCUT2D eigenvalue weighted by molar-refractivity contribution is 6.04. The van der Waals surface area contributed by atoms with E-state index in [0.717, 1.165) is 69.5 Å². The molecule has 1 fully saturated rings. The van der Waals surface area contributed by atoms with Crippen LogP contribution in [0, 0.1) is 0 Å². The molecule has 3 rings (SSSR count). The Labute approximate surface area is 179 Å². The third kappa shape index (κ3) is 6.83. The van der Waals surface area contributed by atoms with Gasteiger partial charge in [0.1, 0.15) is 12.4 Å². The average molecular weight is 412 g/mol. The van der Waals surface area contributed by atoms with Crippen molar-refractivity contribution in [3.8, 4) is 5.75 Å². The van der Waals surface area contributed by atoms with Crippen molar-refractivity contribution in [1.29, 1.82) is 0 Å². The quantitative estimate of drug-likeness (QED) is 0.649. The molecule has 0 atom stereocenters. The van der Waals surface area contributed by atoms with Gasteiger partial charge >= 0.3 is 0 Å². The predicted molar refractivity (Wildman–Crippen MR) is 120 cm³/mol. The smallest absolute Gasteiger partial charge is 0.255 e. The van der Waals surface area contributed by atoms with E-state index in [2.05, 4.69) is 35.0 Å². The van der Waals surface area contributed by atoms with Gasteiger partial charge < -0.3 is 19.7 Å². The molecule has 162 valence electrons. The minimum absolute atomic E-state index is 0.103. The number of hydrogen-bond donors (Lipinski definition) is 1. The Morgan fingerprint density at radius 2 is 1.83 bits per heavy atom. The van der Waals surface area contributed by atoms with Gasteiger partial charge in [-0.2, -0.15) is 0 Å². The Bertz CT molecular complexity index is 785. The van der Waals surface area contributed by atoms with E-state index in [1.165, 1.54) is 0 Å². The summed E-state index contributed by atoms with van der Waals surface area (Å²) >= 11 is 0. The molecule has 1 amide bonds. The van der Waals surface area contributed by atoms with Gasteiger partial charge in [0.15, 0.2) is 0 Å². The summed E-state index contributed by atoms with van der Waals surface area (Å²) in [6.45, 7) is 12.2. The van der Waals surface area contributed by atoms with Crippen molar-refractivity contribution in [3.63, 3.8) is 0 Å². The molecule has 0 bridgehead atoms. The highest BCUT2D eigenvalue weighted by atomic mass is 16.5. The monoisotopic (exact) mass is 411 g/mol. The Kier molecular flexibility index (Phi) is 8.68. The molecular weight excluding hydrogens is 378 g/mol. The number of carbonyl (C=O) groups excluding carboxylic acids is 1. The molecular formula is C24H33N3O3. The second-order valence-electron chi connectivity index (χ2n) is 7.44. The van der Waals surface area contributed by atoms with Crippen molar-refractivity contribution in [2.75, 3.05) is 57.9 Å². The van der Waals surface area contributed by atoms with Crippen LogP contribution in [0.25, 0.3) is 0 Å². The zero-order chi connectivity index (χ0) is 21.2. The van der Waals surface area contributed by atoms with Gasteiger partial charge in [0.25, 0.3) is 5.91 Å². The Hall–Kier alpha value is -2.41. The summed E-state index contributed by atoms with van der Waals surface area (Å²) in [6, 6.07) is 15.4. The van der Waals surface area contributed by atoms with Crippen molar-refractivity contribution < 1.29 is 14.3 Å². The van der Waals surface area contributed by atoms with Gasteiger partial charge in [-0.3, -0.25) is 9.69 Å². The second kappa shape index (κ2) is 11.7. The summed E-state index contributed by atoms with van der Waals surface area (Å²) in [7, 11) is 0. The highest BCUT2D eigenvalue weighted by Crippen LogP contribution is 2.17. The van der Waals surface area contributed by atoms with E-state index in [4.69, 9.17) is 9.47 Å². The molecule has 1 aliphatic heterocycles. The molecule has 30 heavy (non-hydrogen) atoms. The molecule has 2 aromatic carbocycles. The van der Waals surface area contributed by atoms with Crippen molar-refractivity contribution in [1.82, 2.24) is 9.80 Å². The summed E-state index contributed by atoms with van der Waals surface area (Å²) in [5.74, 6) is 0.710. The van der Waals surface area contributed by atoms with Gasteiger partial charge in [-0.25, -0.2) is 0 Å². The Balaban J connectivity index is 1.51. The van der Waals surface area contributed by atoms with Gasteiger partial charge in [0.05, 0.1) is 13.2 Å². The van der Waals surface area contributed by atoms with Crippen molar-refractivity contribution in [3.05, 3.63) is 59.7 Å². The zero-order valence-corrected chi connectivity index (χ0v) is 18.1. The molecule has 6 nitrogen and oxygen atoms in total. The summed E-state index contributed by atoms with van der Waals surface area (Å²) in [6.07, 6.45) is 0. The number of morpholine rings is 1. The summed E-state index contributed by atoms with van der Waals surface area (Å²) in [5.41, 5.74) is 2.57. The number of nitrogens with one attached hydrogen (secondary N) is 1. The topological polar surface area (TPSA) is 54.0 Å². The zero-order valence-electron chi connectivity index (χ0n) is 18.1. The fourth-order valence-corrected chi connectivity index (χ4v) is 3.50. The van der Waals surface area contributed by atoms with Crippen LogP contribution < -0.4 is 10.1 Å². The normalized spacial score (nSPS) is 14.6. The van der Waals surface area contributed by atoms with Crippen LogP contribution in [-0.2, 0) is 11.3 Å². The van der Waals surface area contributed by atoms with Crippen molar-refractivity contribution >= 4 is 11.6 Å². The van der Waals surface area contributed by atoms with E-state index in [9.17, 15) is 4.79 Å². The minimum Gasteiger partial charge on any atom is -0.492 e. The lowest BCUT2D eigenvalue weighted by atomic mass is 10.1. The van der Waals surface area contributed by atoms with Crippen LogP contribution in [-0.4, -0.2) is 68.3 Å². The molecule has 0 unspecified atom stereocenters. The fraction of sp³-hybridized carbons (Fsp3) is 0.458.